The van der Waals surface area contributed by atoms with Crippen LogP contribution in [0.5, 0.6) is 0 Å². The third kappa shape index (κ3) is 49.4. The summed E-state index contributed by atoms with van der Waals surface area (Å²) in [6, 6.07) is -0.833. The van der Waals surface area contributed by atoms with Crippen molar-refractivity contribution in [3.63, 3.8) is 0 Å². The predicted molar refractivity (Wildman–Crippen MR) is 401 cm³/mol. The fourth-order valence-electron chi connectivity index (χ4n) is 13.0. The Labute approximate surface area is 592 Å². The van der Waals surface area contributed by atoms with Gasteiger partial charge in [-0.15, -0.1) is 0 Å². The van der Waals surface area contributed by atoms with Crippen molar-refractivity contribution in [2.75, 3.05) is 19.8 Å². The van der Waals surface area contributed by atoms with E-state index < -0.39 is 86.8 Å². The van der Waals surface area contributed by atoms with Crippen LogP contribution in [0.2, 0.25) is 0 Å². The molecule has 97 heavy (non-hydrogen) atoms. The Morgan fingerprint density at radius 2 is 0.711 bits per heavy atom. The van der Waals surface area contributed by atoms with Gasteiger partial charge in [-0.1, -0.05) is 349 Å². The molecule has 2 fully saturated rings. The smallest absolute Gasteiger partial charge is 0.220 e. The Kier molecular flexibility index (Phi) is 61.8. The van der Waals surface area contributed by atoms with Crippen molar-refractivity contribution >= 4 is 5.91 Å². The summed E-state index contributed by atoms with van der Waals surface area (Å²) in [7, 11) is 0. The number of aliphatic hydroxyl groups excluding tert-OH is 8. The zero-order valence-corrected chi connectivity index (χ0v) is 61.8. The number of nitrogens with one attached hydrogen (secondary N) is 1. The van der Waals surface area contributed by atoms with E-state index in [1.807, 2.05) is 0 Å². The van der Waals surface area contributed by atoms with Crippen LogP contribution in [0.15, 0.2) is 85.1 Å². The Hall–Kier alpha value is -2.83. The van der Waals surface area contributed by atoms with Crippen molar-refractivity contribution in [1.82, 2.24) is 5.32 Å². The van der Waals surface area contributed by atoms with Gasteiger partial charge >= 0.3 is 0 Å². The van der Waals surface area contributed by atoms with Gasteiger partial charge in [-0.05, 0) is 70.6 Å². The van der Waals surface area contributed by atoms with Crippen molar-refractivity contribution in [3.05, 3.63) is 85.1 Å². The van der Waals surface area contributed by atoms with Crippen molar-refractivity contribution in [1.29, 1.82) is 0 Å². The number of carbonyl (C=O) groups is 1. The van der Waals surface area contributed by atoms with Gasteiger partial charge in [0.2, 0.25) is 5.91 Å². The van der Waals surface area contributed by atoms with Gasteiger partial charge in [-0.25, -0.2) is 0 Å². The quantitative estimate of drug-likeness (QED) is 0.0204. The maximum Gasteiger partial charge on any atom is 0.220 e. The summed E-state index contributed by atoms with van der Waals surface area (Å²) < 4.78 is 23.0. The first-order valence-electron chi connectivity index (χ1n) is 40.3. The maximum atomic E-state index is 13.4. The van der Waals surface area contributed by atoms with Crippen molar-refractivity contribution in [2.45, 2.75) is 415 Å². The second-order valence-electron chi connectivity index (χ2n) is 28.2. The SMILES string of the molecule is CC/C=C\C/C=C\C/C=C\C/C=C\C/C=C\C/C=C\C/C=C\CCCCCCCCCCCCCCCCCCCC(=O)NC(COC1OC(CO)C(OC2OC(CO)C(O)C(O)C2O)C(O)C1O)C(O)CCCCCCCCCCCCCCCCCCCCCCCCCC. The highest BCUT2D eigenvalue weighted by Gasteiger charge is 2.51. The summed E-state index contributed by atoms with van der Waals surface area (Å²) in [6.07, 6.45) is 76.2. The minimum absolute atomic E-state index is 0.203. The summed E-state index contributed by atoms with van der Waals surface area (Å²) in [5.41, 5.74) is 0. The van der Waals surface area contributed by atoms with E-state index in [0.29, 0.717) is 12.8 Å². The summed E-state index contributed by atoms with van der Waals surface area (Å²) >= 11 is 0. The van der Waals surface area contributed by atoms with Crippen molar-refractivity contribution < 1.29 is 64.6 Å². The lowest BCUT2D eigenvalue weighted by atomic mass is 9.97. The molecule has 14 nitrogen and oxygen atoms in total. The Bertz CT molecular complexity index is 1950. The highest BCUT2D eigenvalue weighted by atomic mass is 16.7. The summed E-state index contributed by atoms with van der Waals surface area (Å²) in [6.45, 7) is 2.80. The first-order chi connectivity index (χ1) is 47.6. The van der Waals surface area contributed by atoms with Crippen molar-refractivity contribution in [2.24, 2.45) is 0 Å². The predicted octanol–water partition coefficient (Wildman–Crippen LogP) is 18.3. The molecule has 12 unspecified atom stereocenters. The second kappa shape index (κ2) is 66.4. The van der Waals surface area contributed by atoms with E-state index in [-0.39, 0.29) is 12.5 Å². The molecule has 9 N–H and O–H groups in total. The number of rotatable bonds is 67. The molecule has 2 saturated heterocycles. The van der Waals surface area contributed by atoms with E-state index in [4.69, 9.17) is 18.9 Å². The molecule has 0 bridgehead atoms. The van der Waals surface area contributed by atoms with Crippen molar-refractivity contribution in [3.8, 4) is 0 Å². The van der Waals surface area contributed by atoms with E-state index in [9.17, 15) is 45.6 Å². The van der Waals surface area contributed by atoms with Gasteiger partial charge < -0.3 is 65.1 Å². The van der Waals surface area contributed by atoms with Gasteiger partial charge in [0.15, 0.2) is 12.6 Å². The molecule has 0 aromatic heterocycles. The van der Waals surface area contributed by atoms with Crippen LogP contribution in [0, 0.1) is 0 Å². The Morgan fingerprint density at radius 3 is 1.09 bits per heavy atom. The Morgan fingerprint density at radius 1 is 0.381 bits per heavy atom. The molecule has 2 aliphatic heterocycles. The average molecular weight is 1370 g/mol. The number of unbranched alkanes of at least 4 members (excludes halogenated alkanes) is 40. The normalized spacial score (nSPS) is 22.6. The molecule has 0 saturated carbocycles. The molecule has 2 rings (SSSR count). The molecule has 2 heterocycles. The number of ether oxygens (including phenoxy) is 4. The molecule has 12 atom stereocenters. The molecule has 564 valence electrons. The topological polar surface area (TPSA) is 228 Å². The molecular weight excluding hydrogens is 1220 g/mol. The third-order valence-electron chi connectivity index (χ3n) is 19.4. The van der Waals surface area contributed by atoms with Gasteiger partial charge in [0.25, 0.3) is 0 Å². The molecule has 1 amide bonds. The molecule has 0 aromatic carbocycles. The van der Waals surface area contributed by atoms with Gasteiger partial charge in [-0.2, -0.15) is 0 Å². The number of hydrogen-bond donors (Lipinski definition) is 9. The molecule has 0 radical (unpaired) electrons. The van der Waals surface area contributed by atoms with E-state index in [1.165, 1.54) is 218 Å². The van der Waals surface area contributed by atoms with Crippen LogP contribution in [0.3, 0.4) is 0 Å². The second-order valence-corrected chi connectivity index (χ2v) is 28.2. The zero-order chi connectivity index (χ0) is 70.1. The molecule has 14 heteroatoms. The van der Waals surface area contributed by atoms with Crippen LogP contribution in [0.1, 0.15) is 341 Å². The number of allylic oxidation sites excluding steroid dienone is 14. The van der Waals surface area contributed by atoms with E-state index in [1.54, 1.807) is 0 Å². The zero-order valence-electron chi connectivity index (χ0n) is 61.8. The van der Waals surface area contributed by atoms with Crippen LogP contribution in [0.4, 0.5) is 0 Å². The van der Waals surface area contributed by atoms with Crippen LogP contribution in [0.25, 0.3) is 0 Å². The first kappa shape index (κ1) is 90.3. The number of amides is 1. The maximum absolute atomic E-state index is 13.4. The van der Waals surface area contributed by atoms with E-state index in [0.717, 1.165) is 96.3 Å². The monoisotopic (exact) mass is 1370 g/mol. The van der Waals surface area contributed by atoms with Gasteiger partial charge in [0.05, 0.1) is 32.0 Å². The minimum Gasteiger partial charge on any atom is -0.394 e. The summed E-state index contributed by atoms with van der Waals surface area (Å²) in [5, 5.41) is 87.9. The fourth-order valence-corrected chi connectivity index (χ4v) is 13.0. The fraction of sp³-hybridized carbons (Fsp3) is 0.819. The van der Waals surface area contributed by atoms with E-state index in [2.05, 4.69) is 104 Å². The summed E-state index contributed by atoms with van der Waals surface area (Å²) in [4.78, 5) is 13.4. The first-order valence-corrected chi connectivity index (χ1v) is 40.3. The van der Waals surface area contributed by atoms with Gasteiger partial charge in [0.1, 0.15) is 48.8 Å². The molecular formula is C83H149NO13. The molecule has 0 spiro atoms. The highest BCUT2D eigenvalue weighted by molar-refractivity contribution is 5.76. The molecule has 0 aromatic rings. The number of carbonyl (C=O) groups excluding carboxylic acids is 1. The number of hydrogen-bond acceptors (Lipinski definition) is 13. The minimum atomic E-state index is -1.79. The molecule has 2 aliphatic rings. The molecule has 0 aliphatic carbocycles. The third-order valence-corrected chi connectivity index (χ3v) is 19.4. The summed E-state index contributed by atoms with van der Waals surface area (Å²) in [5.74, 6) is -0.203. The number of aliphatic hydroxyl groups is 8. The standard InChI is InChI=1S/C83H149NO13/c1-3-5-7-9-11-13-15-17-19-21-23-25-27-29-30-31-32-33-34-35-36-37-38-39-40-41-42-43-45-47-49-51-53-55-57-59-61-63-65-67-75(88)84-71(70-94-82-80(93)78(91)81(74(69-86)96-82)97-83-79(92)77(90)76(89)73(68-85)95-83)72(87)66-64-62-60-58-56-54-52-50-48-46-44-28-26-24-22-20-18-16-14-12-10-8-6-4-2/h5,7,11,13,17,19,23,25,29-30,32-33,35-36,71-74,76-83,85-87,89-93H,3-4,6,8-10,12,14-16,18,20-22,24,26-28,31,34,37-70H2,1-2H3,(H,84,88)/b7-5-,13-11-,19-17-,25-23-,30-29-,33-32-,36-35-. The van der Waals surface area contributed by atoms with Gasteiger partial charge in [-0.3, -0.25) is 4.79 Å². The van der Waals surface area contributed by atoms with Crippen LogP contribution >= 0.6 is 0 Å². The van der Waals surface area contributed by atoms with Crippen LogP contribution < -0.4 is 5.32 Å². The lowest BCUT2D eigenvalue weighted by Crippen LogP contribution is -2.65. The average Bonchev–Trinajstić information content (AvgIpc) is 0.794. The Balaban J connectivity index is 1.59. The largest absolute Gasteiger partial charge is 0.394 e. The lowest BCUT2D eigenvalue weighted by molar-refractivity contribution is -0.359. The lowest BCUT2D eigenvalue weighted by Gasteiger charge is -2.46. The van der Waals surface area contributed by atoms with Crippen LogP contribution in [-0.4, -0.2) is 140 Å². The van der Waals surface area contributed by atoms with Crippen LogP contribution in [-0.2, 0) is 23.7 Å². The highest BCUT2D eigenvalue weighted by Crippen LogP contribution is 2.30. The van der Waals surface area contributed by atoms with Gasteiger partial charge in [0, 0.05) is 6.42 Å². The van der Waals surface area contributed by atoms with E-state index >= 15 is 0 Å².